The molecule has 2 rings (SSSR count). The summed E-state index contributed by atoms with van der Waals surface area (Å²) in [6.07, 6.45) is -0.459. The first-order valence-corrected chi connectivity index (χ1v) is 6.28. The number of ether oxygens (including phenoxy) is 1. The molecule has 1 aromatic rings. The van der Waals surface area contributed by atoms with E-state index < -0.39 is 6.09 Å². The number of anilines is 1. The number of nitrogens with zero attached hydrogens (tertiary/aromatic N) is 1. The first kappa shape index (κ1) is 11.5. The fourth-order valence-corrected chi connectivity index (χ4v) is 2.88. The maximum absolute atomic E-state index is 11.3. The number of hydrazine groups is 1. The standard InChI is InChI=1S/C10H12N2O2S2/c1-2-14-9(13)11-12-7-5-3-4-6-8(7)16-10(12)15/h3-6,10,15H,2H2,1H3,(H,11,13). The van der Waals surface area contributed by atoms with E-state index in [1.165, 1.54) is 0 Å². The van der Waals surface area contributed by atoms with Gasteiger partial charge in [-0.2, -0.15) is 0 Å². The average molecular weight is 256 g/mol. The molecular weight excluding hydrogens is 244 g/mol. The summed E-state index contributed by atoms with van der Waals surface area (Å²) in [5.41, 5.74) is 3.61. The molecule has 1 N–H and O–H groups in total. The number of rotatable bonds is 2. The molecule has 0 spiro atoms. The van der Waals surface area contributed by atoms with E-state index in [1.807, 2.05) is 24.3 Å². The van der Waals surface area contributed by atoms with Crippen LogP contribution in [0.4, 0.5) is 10.5 Å². The molecule has 0 bridgehead atoms. The molecule has 0 fully saturated rings. The minimum Gasteiger partial charge on any atom is -0.449 e. The van der Waals surface area contributed by atoms with Crippen LogP contribution in [0.2, 0.25) is 0 Å². The van der Waals surface area contributed by atoms with Crippen LogP contribution in [0.15, 0.2) is 29.2 Å². The van der Waals surface area contributed by atoms with Crippen molar-refractivity contribution in [2.24, 2.45) is 0 Å². The van der Waals surface area contributed by atoms with Gasteiger partial charge in [-0.05, 0) is 19.1 Å². The molecular formula is C10H12N2O2S2. The normalized spacial score (nSPS) is 18.1. The molecule has 1 aliphatic heterocycles. The van der Waals surface area contributed by atoms with Gasteiger partial charge in [-0.25, -0.2) is 10.2 Å². The quantitative estimate of drug-likeness (QED) is 0.798. The summed E-state index contributed by atoms with van der Waals surface area (Å²) in [7, 11) is 0. The van der Waals surface area contributed by atoms with E-state index in [0.29, 0.717) is 6.61 Å². The molecule has 4 nitrogen and oxygen atoms in total. The van der Waals surface area contributed by atoms with Crippen LogP contribution in [0, 0.1) is 0 Å². The number of amides is 1. The fraction of sp³-hybridized carbons (Fsp3) is 0.300. The number of thioether (sulfide) groups is 1. The summed E-state index contributed by atoms with van der Waals surface area (Å²) in [5.74, 6) is 0. The number of fused-ring (bicyclic) bond motifs is 1. The van der Waals surface area contributed by atoms with Crippen molar-refractivity contribution in [1.82, 2.24) is 5.43 Å². The molecule has 0 saturated heterocycles. The Hall–Kier alpha value is -1.01. The summed E-state index contributed by atoms with van der Waals surface area (Å²) in [5, 5.41) is 1.70. The van der Waals surface area contributed by atoms with Gasteiger partial charge >= 0.3 is 6.09 Å². The molecule has 0 radical (unpaired) electrons. The summed E-state index contributed by atoms with van der Waals surface area (Å²) < 4.78 is 4.71. The highest BCUT2D eigenvalue weighted by Crippen LogP contribution is 2.43. The third kappa shape index (κ3) is 2.22. The van der Waals surface area contributed by atoms with Crippen molar-refractivity contribution >= 4 is 36.2 Å². The van der Waals surface area contributed by atoms with Crippen molar-refractivity contribution < 1.29 is 9.53 Å². The van der Waals surface area contributed by atoms with Gasteiger partial charge in [-0.1, -0.05) is 23.9 Å². The number of thiol groups is 1. The van der Waals surface area contributed by atoms with E-state index in [1.54, 1.807) is 23.7 Å². The fourth-order valence-electron chi connectivity index (χ4n) is 1.42. The minimum atomic E-state index is -0.459. The van der Waals surface area contributed by atoms with E-state index in [0.717, 1.165) is 10.6 Å². The first-order valence-electron chi connectivity index (χ1n) is 4.88. The van der Waals surface area contributed by atoms with Crippen LogP contribution >= 0.6 is 24.4 Å². The summed E-state index contributed by atoms with van der Waals surface area (Å²) in [4.78, 5) is 12.4. The van der Waals surface area contributed by atoms with Crippen LogP contribution in [-0.2, 0) is 4.74 Å². The van der Waals surface area contributed by atoms with E-state index >= 15 is 0 Å². The Morgan fingerprint density at radius 2 is 2.38 bits per heavy atom. The Balaban J connectivity index is 2.13. The lowest BCUT2D eigenvalue weighted by molar-refractivity contribution is 0.151. The Labute approximate surface area is 104 Å². The SMILES string of the molecule is CCOC(=O)NN1c2ccccc2SC1S. The van der Waals surface area contributed by atoms with Crippen molar-refractivity contribution in [3.63, 3.8) is 0 Å². The number of para-hydroxylation sites is 1. The topological polar surface area (TPSA) is 41.6 Å². The molecule has 0 aliphatic carbocycles. The minimum absolute atomic E-state index is 0.123. The number of nitrogens with one attached hydrogen (secondary N) is 1. The zero-order valence-electron chi connectivity index (χ0n) is 8.71. The maximum Gasteiger partial charge on any atom is 0.426 e. The third-order valence-corrected chi connectivity index (χ3v) is 3.63. The lowest BCUT2D eigenvalue weighted by Crippen LogP contribution is -2.44. The highest BCUT2D eigenvalue weighted by molar-refractivity contribution is 8.10. The summed E-state index contributed by atoms with van der Waals surface area (Å²) in [6, 6.07) is 7.81. The van der Waals surface area contributed by atoms with Crippen molar-refractivity contribution in [3.05, 3.63) is 24.3 Å². The molecule has 6 heteroatoms. The highest BCUT2D eigenvalue weighted by Gasteiger charge is 2.28. The van der Waals surface area contributed by atoms with Gasteiger partial charge in [0.15, 0.2) is 0 Å². The lowest BCUT2D eigenvalue weighted by atomic mass is 10.3. The number of benzene rings is 1. The molecule has 1 aromatic carbocycles. The molecule has 0 aromatic heterocycles. The van der Waals surface area contributed by atoms with E-state index in [-0.39, 0.29) is 4.71 Å². The van der Waals surface area contributed by atoms with Crippen molar-refractivity contribution in [1.29, 1.82) is 0 Å². The van der Waals surface area contributed by atoms with Gasteiger partial charge in [0.05, 0.1) is 12.3 Å². The molecule has 1 aliphatic rings. The Morgan fingerprint density at radius 3 is 3.12 bits per heavy atom. The van der Waals surface area contributed by atoms with E-state index in [9.17, 15) is 4.79 Å². The third-order valence-electron chi connectivity index (χ3n) is 2.07. The zero-order chi connectivity index (χ0) is 11.5. The lowest BCUT2D eigenvalue weighted by Gasteiger charge is -2.22. The molecule has 1 atom stereocenters. The Kier molecular flexibility index (Phi) is 3.50. The maximum atomic E-state index is 11.3. The zero-order valence-corrected chi connectivity index (χ0v) is 10.4. The van der Waals surface area contributed by atoms with Crippen LogP contribution in [0.3, 0.4) is 0 Å². The monoisotopic (exact) mass is 256 g/mol. The van der Waals surface area contributed by atoms with E-state index in [4.69, 9.17) is 4.74 Å². The first-order chi connectivity index (χ1) is 7.72. The predicted molar refractivity (Wildman–Crippen MR) is 67.7 cm³/mol. The van der Waals surface area contributed by atoms with E-state index in [2.05, 4.69) is 18.1 Å². The van der Waals surface area contributed by atoms with Crippen LogP contribution in [0.5, 0.6) is 0 Å². The number of carbonyl (C=O) groups is 1. The smallest absolute Gasteiger partial charge is 0.426 e. The second-order valence-corrected chi connectivity index (χ2v) is 5.07. The van der Waals surface area contributed by atoms with Gasteiger partial charge in [-0.15, -0.1) is 12.6 Å². The van der Waals surface area contributed by atoms with Crippen molar-refractivity contribution in [3.8, 4) is 0 Å². The van der Waals surface area contributed by atoms with Crippen molar-refractivity contribution in [2.45, 2.75) is 16.5 Å². The van der Waals surface area contributed by atoms with Gasteiger partial charge in [0, 0.05) is 4.90 Å². The molecule has 1 unspecified atom stereocenters. The number of hydrogen-bond acceptors (Lipinski definition) is 5. The van der Waals surface area contributed by atoms with Gasteiger partial charge in [0.2, 0.25) is 0 Å². The largest absolute Gasteiger partial charge is 0.449 e. The van der Waals surface area contributed by atoms with Crippen LogP contribution in [0.1, 0.15) is 6.92 Å². The Bertz CT molecular complexity index is 400. The van der Waals surface area contributed by atoms with Gasteiger partial charge in [-0.3, -0.25) is 5.01 Å². The average Bonchev–Trinajstić information content (AvgIpc) is 2.56. The summed E-state index contributed by atoms with van der Waals surface area (Å²) >= 11 is 5.97. The second-order valence-electron chi connectivity index (χ2n) is 3.11. The predicted octanol–water partition coefficient (Wildman–Crippen LogP) is 2.47. The van der Waals surface area contributed by atoms with Crippen LogP contribution in [0.25, 0.3) is 0 Å². The molecule has 1 amide bonds. The molecule has 0 saturated carbocycles. The molecule has 16 heavy (non-hydrogen) atoms. The number of hydrogen-bond donors (Lipinski definition) is 2. The van der Waals surface area contributed by atoms with Crippen molar-refractivity contribution in [2.75, 3.05) is 11.6 Å². The Morgan fingerprint density at radius 1 is 1.62 bits per heavy atom. The van der Waals surface area contributed by atoms with Gasteiger partial charge in [0.25, 0.3) is 0 Å². The number of carbonyl (C=O) groups excluding carboxylic acids is 1. The van der Waals surface area contributed by atoms with Crippen LogP contribution < -0.4 is 10.4 Å². The summed E-state index contributed by atoms with van der Waals surface area (Å²) in [6.45, 7) is 2.12. The second kappa shape index (κ2) is 4.88. The van der Waals surface area contributed by atoms with Gasteiger partial charge in [0.1, 0.15) is 4.71 Å². The highest BCUT2D eigenvalue weighted by atomic mass is 32.2. The molecule has 1 heterocycles. The molecule has 86 valence electrons. The van der Waals surface area contributed by atoms with Crippen LogP contribution in [-0.4, -0.2) is 17.4 Å². The van der Waals surface area contributed by atoms with Gasteiger partial charge < -0.3 is 4.74 Å².